The molecule has 8 heteroatoms. The number of anilines is 2. The summed E-state index contributed by atoms with van der Waals surface area (Å²) in [5.74, 6) is 0. The molecule has 102 valence electrons. The van der Waals surface area contributed by atoms with Crippen molar-refractivity contribution in [3.8, 4) is 0 Å². The molecule has 2 rings (SSSR count). The summed E-state index contributed by atoms with van der Waals surface area (Å²) in [5, 5.41) is 2.95. The van der Waals surface area contributed by atoms with Gasteiger partial charge in [0.05, 0.1) is 4.34 Å². The summed E-state index contributed by atoms with van der Waals surface area (Å²) in [5.41, 5.74) is 1.34. The van der Waals surface area contributed by atoms with E-state index in [0.29, 0.717) is 10.0 Å². The summed E-state index contributed by atoms with van der Waals surface area (Å²) < 4.78 is 27.2. The third-order valence-corrected chi connectivity index (χ3v) is 5.48. The van der Waals surface area contributed by atoms with Crippen LogP contribution in [0.25, 0.3) is 0 Å². The fraction of sp³-hybridized carbons (Fsp3) is 0.0909. The van der Waals surface area contributed by atoms with E-state index in [4.69, 9.17) is 23.2 Å². The molecule has 19 heavy (non-hydrogen) atoms. The first kappa shape index (κ1) is 14.5. The van der Waals surface area contributed by atoms with Crippen LogP contribution in [0.3, 0.4) is 0 Å². The Bertz CT molecular complexity index is 681. The lowest BCUT2D eigenvalue weighted by molar-refractivity contribution is 0.601. The normalized spacial score (nSPS) is 11.3. The summed E-state index contributed by atoms with van der Waals surface area (Å²) in [6, 6.07) is 8.18. The Morgan fingerprint density at radius 3 is 2.16 bits per heavy atom. The molecule has 0 amide bonds. The van der Waals surface area contributed by atoms with Gasteiger partial charge in [0.2, 0.25) is 0 Å². The van der Waals surface area contributed by atoms with Crippen LogP contribution < -0.4 is 10.0 Å². The maximum Gasteiger partial charge on any atom is 0.264 e. The van der Waals surface area contributed by atoms with E-state index >= 15 is 0 Å². The lowest BCUT2D eigenvalue weighted by atomic mass is 10.3. The number of halogens is 2. The van der Waals surface area contributed by atoms with Crippen LogP contribution in [0.1, 0.15) is 0 Å². The maximum absolute atomic E-state index is 12.1. The summed E-state index contributed by atoms with van der Waals surface area (Å²) in [6.45, 7) is 0. The Morgan fingerprint density at radius 2 is 1.68 bits per heavy atom. The van der Waals surface area contributed by atoms with Crippen LogP contribution >= 0.6 is 34.5 Å². The van der Waals surface area contributed by atoms with E-state index in [9.17, 15) is 8.42 Å². The van der Waals surface area contributed by atoms with Crippen LogP contribution in [0.15, 0.2) is 35.2 Å². The van der Waals surface area contributed by atoms with E-state index in [-0.39, 0.29) is 9.23 Å². The zero-order valence-corrected chi connectivity index (χ0v) is 12.9. The second-order valence-corrected chi connectivity index (χ2v) is 7.56. The van der Waals surface area contributed by atoms with E-state index in [0.717, 1.165) is 17.0 Å². The van der Waals surface area contributed by atoms with Crippen LogP contribution in [-0.2, 0) is 10.0 Å². The topological polar surface area (TPSA) is 58.2 Å². The van der Waals surface area contributed by atoms with Crippen molar-refractivity contribution in [3.63, 3.8) is 0 Å². The van der Waals surface area contributed by atoms with Gasteiger partial charge in [0.1, 0.15) is 9.23 Å². The zero-order chi connectivity index (χ0) is 14.0. The van der Waals surface area contributed by atoms with Crippen molar-refractivity contribution in [1.82, 2.24) is 0 Å². The van der Waals surface area contributed by atoms with Crippen molar-refractivity contribution in [2.75, 3.05) is 17.1 Å². The Balaban J connectivity index is 2.28. The fourth-order valence-electron chi connectivity index (χ4n) is 1.42. The highest BCUT2D eigenvalue weighted by atomic mass is 35.5. The van der Waals surface area contributed by atoms with Crippen molar-refractivity contribution < 1.29 is 8.42 Å². The molecule has 0 fully saturated rings. The zero-order valence-electron chi connectivity index (χ0n) is 9.78. The van der Waals surface area contributed by atoms with Gasteiger partial charge in [-0.3, -0.25) is 4.72 Å². The Labute approximate surface area is 125 Å². The number of rotatable bonds is 4. The molecule has 0 bridgehead atoms. The van der Waals surface area contributed by atoms with E-state index in [1.165, 1.54) is 6.07 Å². The minimum atomic E-state index is -3.72. The number of hydrogen-bond acceptors (Lipinski definition) is 4. The number of benzene rings is 1. The van der Waals surface area contributed by atoms with Crippen LogP contribution in [0.5, 0.6) is 0 Å². The van der Waals surface area contributed by atoms with Gasteiger partial charge in [0.25, 0.3) is 10.0 Å². The lowest BCUT2D eigenvalue weighted by Crippen LogP contribution is -2.12. The largest absolute Gasteiger partial charge is 0.388 e. The highest BCUT2D eigenvalue weighted by molar-refractivity contribution is 7.93. The first-order valence-corrected chi connectivity index (χ1v) is 8.23. The third-order valence-electron chi connectivity index (χ3n) is 2.34. The fourth-order valence-corrected chi connectivity index (χ4v) is 4.63. The molecule has 0 aliphatic heterocycles. The van der Waals surface area contributed by atoms with Gasteiger partial charge in [-0.25, -0.2) is 8.42 Å². The van der Waals surface area contributed by atoms with Crippen molar-refractivity contribution >= 4 is 55.9 Å². The van der Waals surface area contributed by atoms with Gasteiger partial charge >= 0.3 is 0 Å². The third kappa shape index (κ3) is 3.33. The molecule has 2 N–H and O–H groups in total. The van der Waals surface area contributed by atoms with Crippen molar-refractivity contribution in [2.45, 2.75) is 4.90 Å². The minimum absolute atomic E-state index is 0.0122. The Kier molecular flexibility index (Phi) is 4.25. The van der Waals surface area contributed by atoms with E-state index in [2.05, 4.69) is 10.0 Å². The number of thiophene rings is 1. The average Bonchev–Trinajstić information content (AvgIpc) is 2.70. The van der Waals surface area contributed by atoms with Crippen molar-refractivity contribution in [3.05, 3.63) is 39.0 Å². The second kappa shape index (κ2) is 5.58. The summed E-state index contributed by atoms with van der Waals surface area (Å²) >= 11 is 12.6. The Morgan fingerprint density at radius 1 is 1.11 bits per heavy atom. The van der Waals surface area contributed by atoms with Gasteiger partial charge in [-0.05, 0) is 30.3 Å². The molecule has 1 heterocycles. The SMILES string of the molecule is CNc1ccc(NS(=O)(=O)c2cc(Cl)sc2Cl)cc1. The molecule has 0 saturated carbocycles. The van der Waals surface area contributed by atoms with Gasteiger partial charge in [-0.15, -0.1) is 11.3 Å². The molecule has 0 atom stereocenters. The predicted molar refractivity (Wildman–Crippen MR) is 81.1 cm³/mol. The Hall–Kier alpha value is -0.950. The summed E-state index contributed by atoms with van der Waals surface area (Å²) in [6.07, 6.45) is 0. The van der Waals surface area contributed by atoms with Gasteiger partial charge < -0.3 is 5.32 Å². The van der Waals surface area contributed by atoms with Crippen LogP contribution in [-0.4, -0.2) is 15.5 Å². The van der Waals surface area contributed by atoms with Gasteiger partial charge in [-0.2, -0.15) is 0 Å². The average molecular weight is 337 g/mol. The van der Waals surface area contributed by atoms with E-state index in [1.807, 2.05) is 0 Å². The highest BCUT2D eigenvalue weighted by Gasteiger charge is 2.20. The summed E-state index contributed by atoms with van der Waals surface area (Å²) in [7, 11) is -1.94. The van der Waals surface area contributed by atoms with Crippen molar-refractivity contribution in [1.29, 1.82) is 0 Å². The molecule has 0 saturated heterocycles. The van der Waals surface area contributed by atoms with E-state index < -0.39 is 10.0 Å². The number of hydrogen-bond donors (Lipinski definition) is 2. The quantitative estimate of drug-likeness (QED) is 0.890. The summed E-state index contributed by atoms with van der Waals surface area (Å²) in [4.78, 5) is -0.0122. The van der Waals surface area contributed by atoms with Crippen LogP contribution in [0, 0.1) is 0 Å². The smallest absolute Gasteiger partial charge is 0.264 e. The number of nitrogens with one attached hydrogen (secondary N) is 2. The molecule has 0 aliphatic rings. The molecular formula is C11H10Cl2N2O2S2. The predicted octanol–water partition coefficient (Wildman–Crippen LogP) is 3.90. The maximum atomic E-state index is 12.1. The van der Waals surface area contributed by atoms with Crippen LogP contribution in [0.2, 0.25) is 8.67 Å². The van der Waals surface area contributed by atoms with Gasteiger partial charge in [0.15, 0.2) is 0 Å². The minimum Gasteiger partial charge on any atom is -0.388 e. The molecule has 2 aromatic rings. The first-order chi connectivity index (χ1) is 8.92. The van der Waals surface area contributed by atoms with Crippen LogP contribution in [0.4, 0.5) is 11.4 Å². The van der Waals surface area contributed by atoms with Crippen molar-refractivity contribution in [2.24, 2.45) is 0 Å². The lowest BCUT2D eigenvalue weighted by Gasteiger charge is -2.08. The standard InChI is InChI=1S/C11H10Cl2N2O2S2/c1-14-7-2-4-8(5-3-7)15-19(16,17)9-6-10(12)18-11(9)13/h2-6,14-15H,1H3. The van der Waals surface area contributed by atoms with Gasteiger partial charge in [0, 0.05) is 18.4 Å². The first-order valence-electron chi connectivity index (χ1n) is 5.18. The molecule has 0 spiro atoms. The molecule has 4 nitrogen and oxygen atoms in total. The molecule has 0 unspecified atom stereocenters. The molecule has 1 aromatic heterocycles. The van der Waals surface area contributed by atoms with E-state index in [1.54, 1.807) is 31.3 Å². The molecule has 1 aromatic carbocycles. The molecular weight excluding hydrogens is 327 g/mol. The molecule has 0 aliphatic carbocycles. The number of sulfonamides is 1. The highest BCUT2D eigenvalue weighted by Crippen LogP contribution is 2.35. The monoisotopic (exact) mass is 336 g/mol. The van der Waals surface area contributed by atoms with Gasteiger partial charge in [-0.1, -0.05) is 23.2 Å². The molecule has 0 radical (unpaired) electrons. The second-order valence-electron chi connectivity index (χ2n) is 3.62.